The van der Waals surface area contributed by atoms with E-state index in [1.165, 1.54) is 27.8 Å². The minimum absolute atomic E-state index is 0.0244. The largest absolute Gasteiger partial charge is 0.320 e. The van der Waals surface area contributed by atoms with E-state index in [0.717, 1.165) is 38.4 Å². The van der Waals surface area contributed by atoms with Gasteiger partial charge in [0.25, 0.3) is 0 Å². The Morgan fingerprint density at radius 2 is 2.00 bits per heavy atom. The summed E-state index contributed by atoms with van der Waals surface area (Å²) in [5.41, 5.74) is 13.2. The first kappa shape index (κ1) is 15.0. The summed E-state index contributed by atoms with van der Waals surface area (Å²) >= 11 is 0. The summed E-state index contributed by atoms with van der Waals surface area (Å²) in [6, 6.07) is 8.47. The van der Waals surface area contributed by atoms with Gasteiger partial charge in [0.05, 0.1) is 6.04 Å². The molecule has 1 aromatic rings. The van der Waals surface area contributed by atoms with Crippen molar-refractivity contribution >= 4 is 6.29 Å². The standard InChI is InChI=1S/C20H23NO/c21-20-18-8-4-3-7-16(18)11-12-17-10-9-15(14-19(17)20)6-2-1-5-13-22/h3-4,7-9,12-14,20H,1-2,5-6,10-11,21H2. The molecule has 0 bridgehead atoms. The first-order chi connectivity index (χ1) is 10.8. The Morgan fingerprint density at radius 1 is 1.14 bits per heavy atom. The van der Waals surface area contributed by atoms with Crippen molar-refractivity contribution < 1.29 is 4.79 Å². The smallest absolute Gasteiger partial charge is 0.119 e. The second-order valence-corrected chi connectivity index (χ2v) is 6.11. The lowest BCUT2D eigenvalue weighted by Crippen LogP contribution is -2.16. The van der Waals surface area contributed by atoms with Crippen LogP contribution in [0.5, 0.6) is 0 Å². The zero-order valence-electron chi connectivity index (χ0n) is 12.9. The number of fused-ring (bicyclic) bond motifs is 2. The van der Waals surface area contributed by atoms with Crippen LogP contribution in [0.2, 0.25) is 0 Å². The molecule has 1 atom stereocenters. The lowest BCUT2D eigenvalue weighted by molar-refractivity contribution is -0.107. The number of nitrogens with two attached hydrogens (primary N) is 1. The van der Waals surface area contributed by atoms with Gasteiger partial charge in [-0.25, -0.2) is 0 Å². The molecule has 1 aromatic carbocycles. The summed E-state index contributed by atoms with van der Waals surface area (Å²) < 4.78 is 0. The zero-order chi connectivity index (χ0) is 15.4. The minimum atomic E-state index is -0.0244. The number of aldehydes is 1. The van der Waals surface area contributed by atoms with Gasteiger partial charge in [-0.3, -0.25) is 0 Å². The third kappa shape index (κ3) is 3.12. The van der Waals surface area contributed by atoms with Crippen molar-refractivity contribution in [2.45, 2.75) is 44.6 Å². The molecule has 2 aliphatic rings. The summed E-state index contributed by atoms with van der Waals surface area (Å²) in [5.74, 6) is 0. The van der Waals surface area contributed by atoms with Gasteiger partial charge >= 0.3 is 0 Å². The topological polar surface area (TPSA) is 43.1 Å². The second kappa shape index (κ2) is 6.89. The van der Waals surface area contributed by atoms with E-state index in [9.17, 15) is 4.79 Å². The van der Waals surface area contributed by atoms with Crippen LogP contribution in [0, 0.1) is 0 Å². The summed E-state index contributed by atoms with van der Waals surface area (Å²) in [6.45, 7) is 0. The molecule has 0 amide bonds. The maximum absolute atomic E-state index is 10.4. The van der Waals surface area contributed by atoms with Crippen LogP contribution in [0.1, 0.15) is 49.3 Å². The van der Waals surface area contributed by atoms with E-state index in [1.54, 1.807) is 0 Å². The van der Waals surface area contributed by atoms with Crippen molar-refractivity contribution in [3.05, 3.63) is 70.3 Å². The maximum Gasteiger partial charge on any atom is 0.119 e. The van der Waals surface area contributed by atoms with E-state index in [0.29, 0.717) is 6.42 Å². The Hall–Kier alpha value is -1.93. The van der Waals surface area contributed by atoms with Gasteiger partial charge in [-0.05, 0) is 54.4 Å². The molecule has 2 heteroatoms. The van der Waals surface area contributed by atoms with Gasteiger partial charge in [0.15, 0.2) is 0 Å². The fourth-order valence-corrected chi connectivity index (χ4v) is 3.36. The molecule has 0 saturated heterocycles. The van der Waals surface area contributed by atoms with Crippen LogP contribution in [0.4, 0.5) is 0 Å². The Kier molecular flexibility index (Phi) is 4.69. The number of allylic oxidation sites excluding steroid dienone is 4. The van der Waals surface area contributed by atoms with E-state index in [1.807, 2.05) is 0 Å². The van der Waals surface area contributed by atoms with Crippen molar-refractivity contribution in [3.63, 3.8) is 0 Å². The Bertz CT molecular complexity index is 651. The molecule has 2 N–H and O–H groups in total. The summed E-state index contributed by atoms with van der Waals surface area (Å²) in [5, 5.41) is 0. The van der Waals surface area contributed by atoms with E-state index >= 15 is 0 Å². The predicted octanol–water partition coefficient (Wildman–Crippen LogP) is 4.18. The molecule has 0 spiro atoms. The van der Waals surface area contributed by atoms with Crippen LogP contribution in [-0.4, -0.2) is 6.29 Å². The van der Waals surface area contributed by atoms with Crippen LogP contribution in [0.3, 0.4) is 0 Å². The fourth-order valence-electron chi connectivity index (χ4n) is 3.36. The SMILES string of the molecule is NC1C2=CC(CCCCC=O)=CCC2=CCc2ccccc21. The Balaban J connectivity index is 1.80. The normalized spacial score (nSPS) is 20.0. The summed E-state index contributed by atoms with van der Waals surface area (Å²) in [6.07, 6.45) is 13.6. The fraction of sp³-hybridized carbons (Fsp3) is 0.350. The number of carbonyl (C=O) groups excluding carboxylic acids is 1. The summed E-state index contributed by atoms with van der Waals surface area (Å²) in [7, 11) is 0. The molecule has 0 aliphatic heterocycles. The number of rotatable bonds is 5. The highest BCUT2D eigenvalue weighted by Crippen LogP contribution is 2.37. The average Bonchev–Trinajstić information content (AvgIpc) is 2.70. The van der Waals surface area contributed by atoms with Crippen molar-refractivity contribution in [3.8, 4) is 0 Å². The Morgan fingerprint density at radius 3 is 2.86 bits per heavy atom. The molecule has 114 valence electrons. The second-order valence-electron chi connectivity index (χ2n) is 6.11. The lowest BCUT2D eigenvalue weighted by Gasteiger charge is -2.22. The molecule has 22 heavy (non-hydrogen) atoms. The first-order valence-corrected chi connectivity index (χ1v) is 8.16. The van der Waals surface area contributed by atoms with Gasteiger partial charge < -0.3 is 10.5 Å². The molecular weight excluding hydrogens is 270 g/mol. The van der Waals surface area contributed by atoms with E-state index in [2.05, 4.69) is 42.5 Å². The van der Waals surface area contributed by atoms with Crippen molar-refractivity contribution in [2.75, 3.05) is 0 Å². The van der Waals surface area contributed by atoms with Gasteiger partial charge in [0.1, 0.15) is 6.29 Å². The highest BCUT2D eigenvalue weighted by molar-refractivity contribution is 5.53. The molecule has 0 radical (unpaired) electrons. The molecule has 0 fully saturated rings. The minimum Gasteiger partial charge on any atom is -0.320 e. The number of hydrogen-bond donors (Lipinski definition) is 1. The summed E-state index contributed by atoms with van der Waals surface area (Å²) in [4.78, 5) is 10.4. The third-order valence-corrected chi connectivity index (χ3v) is 4.63. The molecule has 1 unspecified atom stereocenters. The molecule has 0 aromatic heterocycles. The van der Waals surface area contributed by atoms with E-state index in [-0.39, 0.29) is 6.04 Å². The highest BCUT2D eigenvalue weighted by Gasteiger charge is 2.23. The number of benzene rings is 1. The van der Waals surface area contributed by atoms with Crippen LogP contribution in [0.15, 0.2) is 59.2 Å². The van der Waals surface area contributed by atoms with E-state index < -0.39 is 0 Å². The Labute approximate surface area is 132 Å². The zero-order valence-corrected chi connectivity index (χ0v) is 12.9. The van der Waals surface area contributed by atoms with Gasteiger partial charge in [-0.2, -0.15) is 0 Å². The molecule has 0 heterocycles. The van der Waals surface area contributed by atoms with Crippen LogP contribution < -0.4 is 5.73 Å². The number of hydrogen-bond acceptors (Lipinski definition) is 2. The van der Waals surface area contributed by atoms with Crippen LogP contribution >= 0.6 is 0 Å². The van der Waals surface area contributed by atoms with Crippen molar-refractivity contribution in [1.29, 1.82) is 0 Å². The lowest BCUT2D eigenvalue weighted by atomic mass is 9.86. The van der Waals surface area contributed by atoms with Crippen LogP contribution in [-0.2, 0) is 11.2 Å². The molecular formula is C20H23NO. The first-order valence-electron chi connectivity index (χ1n) is 8.16. The molecule has 3 rings (SSSR count). The molecule has 0 saturated carbocycles. The van der Waals surface area contributed by atoms with E-state index in [4.69, 9.17) is 5.73 Å². The number of carbonyl (C=O) groups is 1. The number of unbranched alkanes of at least 4 members (excludes halogenated alkanes) is 2. The van der Waals surface area contributed by atoms with Crippen LogP contribution in [0.25, 0.3) is 0 Å². The van der Waals surface area contributed by atoms with Gasteiger partial charge in [0, 0.05) is 6.42 Å². The molecule has 2 nitrogen and oxygen atoms in total. The monoisotopic (exact) mass is 293 g/mol. The van der Waals surface area contributed by atoms with Gasteiger partial charge in [-0.15, -0.1) is 0 Å². The van der Waals surface area contributed by atoms with Crippen molar-refractivity contribution in [1.82, 2.24) is 0 Å². The predicted molar refractivity (Wildman–Crippen MR) is 90.5 cm³/mol. The average molecular weight is 293 g/mol. The van der Waals surface area contributed by atoms with Gasteiger partial charge in [0.2, 0.25) is 0 Å². The quantitative estimate of drug-likeness (QED) is 0.653. The highest BCUT2D eigenvalue weighted by atomic mass is 16.1. The van der Waals surface area contributed by atoms with Gasteiger partial charge in [-0.1, -0.05) is 48.1 Å². The molecule has 2 aliphatic carbocycles. The van der Waals surface area contributed by atoms with Crippen molar-refractivity contribution in [2.24, 2.45) is 5.73 Å². The maximum atomic E-state index is 10.4. The third-order valence-electron chi connectivity index (χ3n) is 4.63.